The van der Waals surface area contributed by atoms with Gasteiger partial charge in [-0.05, 0) is 24.3 Å². The van der Waals surface area contributed by atoms with Gasteiger partial charge in [0, 0.05) is 15.1 Å². The zero-order valence-corrected chi connectivity index (χ0v) is 9.52. The molecule has 1 aromatic carbocycles. The van der Waals surface area contributed by atoms with Crippen LogP contribution in [0.1, 0.15) is 10.5 Å². The molecule has 0 bridgehead atoms. The molecule has 0 aliphatic rings. The second kappa shape index (κ2) is 3.23. The summed E-state index contributed by atoms with van der Waals surface area (Å²) in [4.78, 5) is 13.7. The molecule has 3 nitrogen and oxygen atoms in total. The number of rotatable bonds is 1. The van der Waals surface area contributed by atoms with Crippen molar-refractivity contribution in [3.63, 3.8) is 0 Å². The minimum Gasteiger partial charge on any atom is -0.477 e. The van der Waals surface area contributed by atoms with Crippen molar-refractivity contribution in [2.45, 2.75) is 0 Å². The summed E-state index contributed by atoms with van der Waals surface area (Å²) in [6.07, 6.45) is 0. The molecule has 80 valence electrons. The molecule has 3 aromatic rings. The fourth-order valence-electron chi connectivity index (χ4n) is 1.74. The minimum atomic E-state index is -0.939. The summed E-state index contributed by atoms with van der Waals surface area (Å²) in [5.74, 6) is -0.939. The zero-order chi connectivity index (χ0) is 11.3. The minimum absolute atomic E-state index is 0.220. The molecule has 2 heterocycles. The van der Waals surface area contributed by atoms with E-state index in [2.05, 4.69) is 4.98 Å². The number of hydrogen-bond acceptors (Lipinski definition) is 2. The number of carboxylic acid groups (broad SMARTS) is 1. The van der Waals surface area contributed by atoms with Crippen LogP contribution in [0, 0.1) is 0 Å². The van der Waals surface area contributed by atoms with E-state index in [0.717, 1.165) is 20.3 Å². The molecule has 2 N–H and O–H groups in total. The lowest BCUT2D eigenvalue weighted by Gasteiger charge is -1.91. The van der Waals surface area contributed by atoms with Gasteiger partial charge in [0.05, 0.1) is 10.2 Å². The van der Waals surface area contributed by atoms with Crippen LogP contribution in [0.3, 0.4) is 0 Å². The van der Waals surface area contributed by atoms with Crippen LogP contribution in [0.2, 0.25) is 5.02 Å². The molecule has 0 atom stereocenters. The van der Waals surface area contributed by atoms with Gasteiger partial charge in [-0.3, -0.25) is 0 Å². The number of aromatic amines is 1. The Hall–Kier alpha value is -1.52. The van der Waals surface area contributed by atoms with Crippen LogP contribution >= 0.6 is 22.9 Å². The Kier molecular flexibility index (Phi) is 1.96. The van der Waals surface area contributed by atoms with E-state index in [9.17, 15) is 4.79 Å². The summed E-state index contributed by atoms with van der Waals surface area (Å²) < 4.78 is 2.00. The van der Waals surface area contributed by atoms with Gasteiger partial charge in [-0.2, -0.15) is 0 Å². The SMILES string of the molecule is O=C(O)c1cc2sc3cc(Cl)ccc3c2[nH]1. The highest BCUT2D eigenvalue weighted by atomic mass is 35.5. The van der Waals surface area contributed by atoms with E-state index in [-0.39, 0.29) is 5.69 Å². The Morgan fingerprint density at radius 1 is 1.31 bits per heavy atom. The number of carbonyl (C=O) groups is 1. The van der Waals surface area contributed by atoms with Crippen molar-refractivity contribution in [3.05, 3.63) is 35.0 Å². The Morgan fingerprint density at radius 3 is 2.88 bits per heavy atom. The molecule has 0 spiro atoms. The molecule has 0 fully saturated rings. The lowest BCUT2D eigenvalue weighted by Crippen LogP contribution is -1.94. The van der Waals surface area contributed by atoms with Crippen molar-refractivity contribution < 1.29 is 9.90 Å². The van der Waals surface area contributed by atoms with Gasteiger partial charge in [0.2, 0.25) is 0 Å². The van der Waals surface area contributed by atoms with E-state index in [1.807, 2.05) is 12.1 Å². The van der Waals surface area contributed by atoms with Crippen LogP contribution in [0.25, 0.3) is 20.3 Å². The number of H-pyrrole nitrogens is 1. The van der Waals surface area contributed by atoms with Crippen LogP contribution < -0.4 is 0 Å². The Balaban J connectivity index is 2.38. The molecule has 5 heteroatoms. The molecule has 0 aliphatic carbocycles. The molecule has 0 unspecified atom stereocenters. The first-order chi connectivity index (χ1) is 7.65. The zero-order valence-electron chi connectivity index (χ0n) is 7.95. The Bertz CT molecular complexity index is 713. The topological polar surface area (TPSA) is 53.1 Å². The van der Waals surface area contributed by atoms with Crippen molar-refractivity contribution in [1.82, 2.24) is 4.98 Å². The largest absolute Gasteiger partial charge is 0.477 e. The summed E-state index contributed by atoms with van der Waals surface area (Å²) in [5, 5.41) is 10.6. The highest BCUT2D eigenvalue weighted by Gasteiger charge is 2.12. The molecular formula is C11H6ClNO2S. The van der Waals surface area contributed by atoms with Crippen LogP contribution in [-0.4, -0.2) is 16.1 Å². The summed E-state index contributed by atoms with van der Waals surface area (Å²) in [6.45, 7) is 0. The summed E-state index contributed by atoms with van der Waals surface area (Å²) in [7, 11) is 0. The average molecular weight is 252 g/mol. The maximum absolute atomic E-state index is 10.8. The number of halogens is 1. The summed E-state index contributed by atoms with van der Waals surface area (Å²) in [6, 6.07) is 7.24. The molecule has 0 radical (unpaired) electrons. The molecule has 0 amide bonds. The van der Waals surface area contributed by atoms with Gasteiger partial charge in [0.15, 0.2) is 0 Å². The van der Waals surface area contributed by atoms with Crippen molar-refractivity contribution in [3.8, 4) is 0 Å². The van der Waals surface area contributed by atoms with Gasteiger partial charge in [-0.15, -0.1) is 11.3 Å². The van der Waals surface area contributed by atoms with Crippen LogP contribution in [0.15, 0.2) is 24.3 Å². The van der Waals surface area contributed by atoms with Crippen molar-refractivity contribution in [2.75, 3.05) is 0 Å². The van der Waals surface area contributed by atoms with Crippen LogP contribution in [0.5, 0.6) is 0 Å². The van der Waals surface area contributed by atoms with E-state index in [1.54, 1.807) is 12.1 Å². The third kappa shape index (κ3) is 1.31. The van der Waals surface area contributed by atoms with E-state index < -0.39 is 5.97 Å². The summed E-state index contributed by atoms with van der Waals surface area (Å²) in [5.41, 5.74) is 1.09. The van der Waals surface area contributed by atoms with Gasteiger partial charge in [-0.25, -0.2) is 4.79 Å². The van der Waals surface area contributed by atoms with Crippen molar-refractivity contribution in [1.29, 1.82) is 0 Å². The Labute approximate surface area is 99.3 Å². The fraction of sp³-hybridized carbons (Fsp3) is 0. The van der Waals surface area contributed by atoms with Crippen molar-refractivity contribution >= 4 is 49.2 Å². The van der Waals surface area contributed by atoms with E-state index in [4.69, 9.17) is 16.7 Å². The molecule has 3 rings (SSSR count). The monoisotopic (exact) mass is 251 g/mol. The first kappa shape index (κ1) is 9.69. The summed E-state index contributed by atoms with van der Waals surface area (Å²) >= 11 is 7.43. The van der Waals surface area contributed by atoms with Gasteiger partial charge in [0.25, 0.3) is 0 Å². The van der Waals surface area contributed by atoms with E-state index in [1.165, 1.54) is 11.3 Å². The van der Waals surface area contributed by atoms with Gasteiger partial charge in [0.1, 0.15) is 5.69 Å². The second-order valence-corrected chi connectivity index (χ2v) is 4.99. The lowest BCUT2D eigenvalue weighted by atomic mass is 10.2. The molecule has 2 aromatic heterocycles. The predicted octanol–water partition coefficient (Wildman–Crippen LogP) is 3.73. The Morgan fingerprint density at radius 2 is 2.12 bits per heavy atom. The number of nitrogens with one attached hydrogen (secondary N) is 1. The maximum atomic E-state index is 10.8. The highest BCUT2D eigenvalue weighted by molar-refractivity contribution is 7.25. The predicted molar refractivity (Wildman–Crippen MR) is 65.7 cm³/mol. The number of aromatic carboxylic acids is 1. The van der Waals surface area contributed by atoms with Crippen LogP contribution in [0.4, 0.5) is 0 Å². The standard InChI is InChI=1S/C11H6ClNO2S/c12-5-1-2-6-8(3-5)16-9-4-7(11(14)15)13-10(6)9/h1-4,13H,(H,14,15). The molecule has 0 saturated carbocycles. The number of thiophene rings is 1. The number of fused-ring (bicyclic) bond motifs is 3. The molecule has 0 saturated heterocycles. The number of carboxylic acids is 1. The number of hydrogen-bond donors (Lipinski definition) is 2. The van der Waals surface area contributed by atoms with Gasteiger partial charge in [-0.1, -0.05) is 11.6 Å². The number of benzene rings is 1. The molecule has 0 aliphatic heterocycles. The van der Waals surface area contributed by atoms with Crippen molar-refractivity contribution in [2.24, 2.45) is 0 Å². The highest BCUT2D eigenvalue weighted by Crippen LogP contribution is 2.35. The van der Waals surface area contributed by atoms with Crippen LogP contribution in [-0.2, 0) is 0 Å². The fourth-order valence-corrected chi connectivity index (χ4v) is 3.12. The van der Waals surface area contributed by atoms with Gasteiger partial charge < -0.3 is 10.1 Å². The molecule has 16 heavy (non-hydrogen) atoms. The smallest absolute Gasteiger partial charge is 0.352 e. The lowest BCUT2D eigenvalue weighted by molar-refractivity contribution is 0.0691. The van der Waals surface area contributed by atoms with E-state index >= 15 is 0 Å². The third-order valence-electron chi connectivity index (χ3n) is 2.44. The average Bonchev–Trinajstić information content (AvgIpc) is 2.73. The molecular weight excluding hydrogens is 246 g/mol. The van der Waals surface area contributed by atoms with E-state index in [0.29, 0.717) is 5.02 Å². The number of aromatic nitrogens is 1. The quantitative estimate of drug-likeness (QED) is 0.692. The maximum Gasteiger partial charge on any atom is 0.352 e. The normalized spacial score (nSPS) is 11.3. The first-order valence-electron chi connectivity index (χ1n) is 4.59. The first-order valence-corrected chi connectivity index (χ1v) is 5.78. The van der Waals surface area contributed by atoms with Gasteiger partial charge >= 0.3 is 5.97 Å². The second-order valence-electron chi connectivity index (χ2n) is 3.47. The third-order valence-corrected chi connectivity index (χ3v) is 3.78.